The van der Waals surface area contributed by atoms with Gasteiger partial charge in [0.15, 0.2) is 0 Å². The quantitative estimate of drug-likeness (QED) is 0.584. The Hall–Kier alpha value is -1.60. The van der Waals surface area contributed by atoms with Gasteiger partial charge >= 0.3 is 0 Å². The minimum Gasteiger partial charge on any atom is -0.280 e. The first-order chi connectivity index (χ1) is 7.79. The highest BCUT2D eigenvalue weighted by molar-refractivity contribution is 6.65. The molecule has 0 saturated carbocycles. The van der Waals surface area contributed by atoms with Gasteiger partial charge in [0.2, 0.25) is 5.24 Å². The maximum atomic E-state index is 11.5. The average Bonchev–Trinajstić information content (AvgIpc) is 2.31. The lowest BCUT2D eigenvalue weighted by atomic mass is 10.2. The molecule has 0 N–H and O–H groups in total. The maximum Gasteiger partial charge on any atom is 0.233 e. The molecule has 80 valence electrons. The molecule has 1 nitrogen and oxygen atoms in total. The lowest BCUT2D eigenvalue weighted by Crippen LogP contribution is -2.08. The zero-order valence-electron chi connectivity index (χ0n) is 8.64. The molecule has 2 aromatic carbocycles. The topological polar surface area (TPSA) is 17.1 Å². The smallest absolute Gasteiger partial charge is 0.233 e. The summed E-state index contributed by atoms with van der Waals surface area (Å²) in [7, 11) is 0. The van der Waals surface area contributed by atoms with E-state index in [0.717, 1.165) is 11.1 Å². The first kappa shape index (κ1) is 10.9. The summed E-state index contributed by atoms with van der Waals surface area (Å²) in [5, 5.41) is -0.350. The van der Waals surface area contributed by atoms with E-state index in [-0.39, 0.29) is 11.2 Å². The molecule has 0 aliphatic rings. The molecule has 0 radical (unpaired) electrons. The van der Waals surface area contributed by atoms with Gasteiger partial charge in [-0.1, -0.05) is 60.7 Å². The number of carbonyl (C=O) groups is 1. The summed E-state index contributed by atoms with van der Waals surface area (Å²) in [6, 6.07) is 19.1. The largest absolute Gasteiger partial charge is 0.280 e. The van der Waals surface area contributed by atoms with Crippen molar-refractivity contribution in [2.45, 2.75) is 5.92 Å². The summed E-state index contributed by atoms with van der Waals surface area (Å²) in [6.45, 7) is 0. The Morgan fingerprint density at radius 3 is 1.50 bits per heavy atom. The highest BCUT2D eigenvalue weighted by Gasteiger charge is 2.19. The van der Waals surface area contributed by atoms with Crippen LogP contribution in [0, 0.1) is 0 Å². The molecule has 0 aromatic heterocycles. The molecule has 0 atom stereocenters. The number of carbonyl (C=O) groups excluding carboxylic acids is 1. The van der Waals surface area contributed by atoms with E-state index in [1.165, 1.54) is 0 Å². The summed E-state index contributed by atoms with van der Waals surface area (Å²) in [5.41, 5.74) is 1.85. The lowest BCUT2D eigenvalue weighted by molar-refractivity contribution is -0.112. The van der Waals surface area contributed by atoms with Crippen LogP contribution in [0.3, 0.4) is 0 Å². The summed E-state index contributed by atoms with van der Waals surface area (Å²) in [6.07, 6.45) is 0. The fraction of sp³-hybridized carbons (Fsp3) is 0.0714. The molecular weight excluding hydrogens is 222 g/mol. The summed E-state index contributed by atoms with van der Waals surface area (Å²) >= 11 is 5.67. The standard InChI is InChI=1S/C14H11ClO/c15-14(16)13(11-7-3-1-4-8-11)12-9-5-2-6-10-12/h1-10,13H/i13+1,14+1. The summed E-state index contributed by atoms with van der Waals surface area (Å²) in [4.78, 5) is 11.5. The van der Waals surface area contributed by atoms with Crippen molar-refractivity contribution in [3.63, 3.8) is 0 Å². The van der Waals surface area contributed by atoms with Gasteiger partial charge in [-0.05, 0) is 22.7 Å². The van der Waals surface area contributed by atoms with Gasteiger partial charge in [-0.15, -0.1) is 0 Å². The zero-order valence-corrected chi connectivity index (χ0v) is 9.39. The van der Waals surface area contributed by atoms with E-state index in [1.807, 2.05) is 60.7 Å². The van der Waals surface area contributed by atoms with E-state index in [0.29, 0.717) is 0 Å². The van der Waals surface area contributed by atoms with Gasteiger partial charge in [-0.25, -0.2) is 0 Å². The lowest BCUT2D eigenvalue weighted by Gasteiger charge is -2.12. The monoisotopic (exact) mass is 232 g/mol. The Morgan fingerprint density at radius 1 is 0.812 bits per heavy atom. The third kappa shape index (κ3) is 2.31. The molecule has 0 spiro atoms. The molecule has 2 rings (SSSR count). The van der Waals surface area contributed by atoms with Crippen molar-refractivity contribution in [2.75, 3.05) is 0 Å². The molecule has 0 aliphatic heterocycles. The van der Waals surface area contributed by atoms with Crippen LogP contribution in [-0.2, 0) is 4.79 Å². The fourth-order valence-electron chi connectivity index (χ4n) is 1.75. The van der Waals surface area contributed by atoms with E-state index in [2.05, 4.69) is 0 Å². The van der Waals surface area contributed by atoms with Gasteiger partial charge in [0.05, 0.1) is 5.92 Å². The third-order valence-corrected chi connectivity index (χ3v) is 2.71. The number of hydrogen-bond donors (Lipinski definition) is 0. The normalized spacial score (nSPS) is 10.4. The highest BCUT2D eigenvalue weighted by Crippen LogP contribution is 2.26. The zero-order chi connectivity index (χ0) is 11.4. The van der Waals surface area contributed by atoms with Crippen molar-refractivity contribution in [3.8, 4) is 0 Å². The number of benzene rings is 2. The molecular formula is C14H11ClO. The van der Waals surface area contributed by atoms with Crippen LogP contribution < -0.4 is 0 Å². The molecule has 2 aromatic rings. The minimum atomic E-state index is -0.371. The van der Waals surface area contributed by atoms with Crippen LogP contribution in [-0.4, -0.2) is 5.24 Å². The van der Waals surface area contributed by atoms with E-state index >= 15 is 0 Å². The SMILES string of the molecule is O=[13C](Cl)[13CH](c1ccccc1)c1ccccc1. The predicted molar refractivity (Wildman–Crippen MR) is 65.6 cm³/mol. The Morgan fingerprint density at radius 2 is 1.19 bits per heavy atom. The second-order valence-corrected chi connectivity index (χ2v) is 3.93. The van der Waals surface area contributed by atoms with Gasteiger partial charge in [-0.2, -0.15) is 0 Å². The number of hydrogen-bond acceptors (Lipinski definition) is 1. The van der Waals surface area contributed by atoms with Crippen molar-refractivity contribution in [2.24, 2.45) is 0 Å². The van der Waals surface area contributed by atoms with Crippen LogP contribution in [0.5, 0.6) is 0 Å². The van der Waals surface area contributed by atoms with Crippen LogP contribution in [0.2, 0.25) is 0 Å². The Balaban J connectivity index is 2.44. The molecule has 0 bridgehead atoms. The Kier molecular flexibility index (Phi) is 3.37. The molecule has 0 amide bonds. The van der Waals surface area contributed by atoms with Gasteiger partial charge in [-0.3, -0.25) is 4.79 Å². The van der Waals surface area contributed by atoms with Crippen LogP contribution in [0.15, 0.2) is 60.7 Å². The number of halogens is 1. The summed E-state index contributed by atoms with van der Waals surface area (Å²) in [5.74, 6) is -0.371. The molecule has 16 heavy (non-hydrogen) atoms. The number of rotatable bonds is 3. The maximum absolute atomic E-state index is 11.5. The van der Waals surface area contributed by atoms with Crippen molar-refractivity contribution in [1.82, 2.24) is 0 Å². The first-order valence-corrected chi connectivity index (χ1v) is 5.46. The second kappa shape index (κ2) is 4.95. The van der Waals surface area contributed by atoms with Crippen molar-refractivity contribution < 1.29 is 4.79 Å². The van der Waals surface area contributed by atoms with Crippen molar-refractivity contribution in [3.05, 3.63) is 71.8 Å². The van der Waals surface area contributed by atoms with Gasteiger partial charge in [0, 0.05) is 0 Å². The Bertz CT molecular complexity index is 425. The highest BCUT2D eigenvalue weighted by atomic mass is 35.5. The molecule has 0 aliphatic carbocycles. The molecule has 0 unspecified atom stereocenters. The second-order valence-electron chi connectivity index (χ2n) is 3.56. The van der Waals surface area contributed by atoms with Crippen LogP contribution in [0.25, 0.3) is 0 Å². The van der Waals surface area contributed by atoms with E-state index in [4.69, 9.17) is 11.6 Å². The molecule has 2 heteroatoms. The van der Waals surface area contributed by atoms with Gasteiger partial charge in [0.1, 0.15) is 0 Å². The third-order valence-electron chi connectivity index (χ3n) is 2.49. The van der Waals surface area contributed by atoms with Gasteiger partial charge in [0.25, 0.3) is 0 Å². The summed E-state index contributed by atoms with van der Waals surface area (Å²) < 4.78 is 0. The van der Waals surface area contributed by atoms with Crippen molar-refractivity contribution >= 4 is 16.8 Å². The van der Waals surface area contributed by atoms with Crippen molar-refractivity contribution in [1.29, 1.82) is 0 Å². The van der Waals surface area contributed by atoms with Gasteiger partial charge < -0.3 is 0 Å². The molecule has 0 saturated heterocycles. The average molecular weight is 233 g/mol. The fourth-order valence-corrected chi connectivity index (χ4v) is 2.00. The van der Waals surface area contributed by atoms with Crippen LogP contribution in [0.1, 0.15) is 17.0 Å². The first-order valence-electron chi connectivity index (χ1n) is 5.08. The van der Waals surface area contributed by atoms with E-state index < -0.39 is 0 Å². The van der Waals surface area contributed by atoms with Crippen LogP contribution >= 0.6 is 11.6 Å². The van der Waals surface area contributed by atoms with E-state index in [1.54, 1.807) is 0 Å². The minimum absolute atomic E-state index is 0.350. The Labute approximate surface area is 99.7 Å². The molecule has 0 heterocycles. The molecule has 0 fully saturated rings. The van der Waals surface area contributed by atoms with Crippen LogP contribution in [0.4, 0.5) is 0 Å². The predicted octanol–water partition coefficient (Wildman–Crippen LogP) is 3.58. The van der Waals surface area contributed by atoms with E-state index in [9.17, 15) is 4.79 Å².